The third-order valence-corrected chi connectivity index (χ3v) is 4.39. The van der Waals surface area contributed by atoms with Crippen LogP contribution in [0.2, 0.25) is 0 Å². The molecule has 0 atom stereocenters. The van der Waals surface area contributed by atoms with E-state index in [0.29, 0.717) is 6.04 Å². The van der Waals surface area contributed by atoms with Crippen molar-refractivity contribution < 1.29 is 14.6 Å². The summed E-state index contributed by atoms with van der Waals surface area (Å²) >= 11 is 3.47. The van der Waals surface area contributed by atoms with Crippen LogP contribution in [-0.2, 0) is 11.3 Å². The van der Waals surface area contributed by atoms with E-state index in [4.69, 9.17) is 9.84 Å². The Kier molecular flexibility index (Phi) is 5.43. The number of halogens is 1. The number of hydrogen-bond donors (Lipinski definition) is 2. The molecule has 1 aromatic carbocycles. The fourth-order valence-corrected chi connectivity index (χ4v) is 3.09. The Hall–Kier alpha value is -1.07. The lowest BCUT2D eigenvalue weighted by Gasteiger charge is -2.27. The van der Waals surface area contributed by atoms with Crippen molar-refractivity contribution in [2.75, 3.05) is 7.11 Å². The third kappa shape index (κ3) is 3.96. The summed E-state index contributed by atoms with van der Waals surface area (Å²) in [5.74, 6) is 0.0606. The summed E-state index contributed by atoms with van der Waals surface area (Å²) in [6.45, 7) is 0.741. The minimum Gasteiger partial charge on any atom is -0.496 e. The number of carbonyl (C=O) groups is 1. The second kappa shape index (κ2) is 7.09. The van der Waals surface area contributed by atoms with E-state index in [1.165, 1.54) is 0 Å². The van der Waals surface area contributed by atoms with E-state index in [9.17, 15) is 4.79 Å². The van der Waals surface area contributed by atoms with Crippen LogP contribution in [-0.4, -0.2) is 24.2 Å². The van der Waals surface area contributed by atoms with Crippen LogP contribution in [0.5, 0.6) is 5.75 Å². The average molecular weight is 342 g/mol. The SMILES string of the molecule is COc1ccc(Br)cc1CNC1CCC(C(=O)O)CC1. The number of nitrogens with one attached hydrogen (secondary N) is 1. The molecule has 0 aliphatic heterocycles. The molecule has 110 valence electrons. The van der Waals surface area contributed by atoms with E-state index in [-0.39, 0.29) is 5.92 Å². The van der Waals surface area contributed by atoms with Gasteiger partial charge in [0.15, 0.2) is 0 Å². The predicted molar refractivity (Wildman–Crippen MR) is 80.9 cm³/mol. The fourth-order valence-electron chi connectivity index (χ4n) is 2.68. The zero-order chi connectivity index (χ0) is 14.5. The Labute approximate surface area is 127 Å². The van der Waals surface area contributed by atoms with Gasteiger partial charge >= 0.3 is 5.97 Å². The first kappa shape index (κ1) is 15.3. The Morgan fingerprint density at radius 2 is 2.10 bits per heavy atom. The molecule has 0 saturated heterocycles. The highest BCUT2D eigenvalue weighted by Gasteiger charge is 2.25. The lowest BCUT2D eigenvalue weighted by molar-refractivity contribution is -0.142. The van der Waals surface area contributed by atoms with E-state index in [2.05, 4.69) is 27.3 Å². The predicted octanol–water partition coefficient (Wildman–Crippen LogP) is 3.19. The molecule has 20 heavy (non-hydrogen) atoms. The molecule has 0 bridgehead atoms. The lowest BCUT2D eigenvalue weighted by Crippen LogP contribution is -2.34. The summed E-state index contributed by atoms with van der Waals surface area (Å²) in [5, 5.41) is 12.5. The number of aliphatic carboxylic acids is 1. The van der Waals surface area contributed by atoms with Gasteiger partial charge in [-0.3, -0.25) is 4.79 Å². The highest BCUT2D eigenvalue weighted by atomic mass is 79.9. The van der Waals surface area contributed by atoms with E-state index in [0.717, 1.165) is 48.0 Å². The Balaban J connectivity index is 1.87. The maximum absolute atomic E-state index is 10.9. The molecule has 2 rings (SSSR count). The highest BCUT2D eigenvalue weighted by Crippen LogP contribution is 2.26. The minimum atomic E-state index is -0.655. The van der Waals surface area contributed by atoms with Crippen LogP contribution in [0.3, 0.4) is 0 Å². The van der Waals surface area contributed by atoms with E-state index >= 15 is 0 Å². The zero-order valence-electron chi connectivity index (χ0n) is 11.6. The molecular formula is C15H20BrNO3. The maximum atomic E-state index is 10.9. The van der Waals surface area contributed by atoms with Gasteiger partial charge in [0.25, 0.3) is 0 Å². The summed E-state index contributed by atoms with van der Waals surface area (Å²) in [7, 11) is 1.67. The van der Waals surface area contributed by atoms with Crippen molar-refractivity contribution in [3.05, 3.63) is 28.2 Å². The van der Waals surface area contributed by atoms with Crippen LogP contribution in [0, 0.1) is 5.92 Å². The molecule has 0 aromatic heterocycles. The summed E-state index contributed by atoms with van der Waals surface area (Å²) in [5.41, 5.74) is 1.11. The van der Waals surface area contributed by atoms with Crippen molar-refractivity contribution in [3.63, 3.8) is 0 Å². The molecule has 0 amide bonds. The molecular weight excluding hydrogens is 322 g/mol. The van der Waals surface area contributed by atoms with Crippen molar-refractivity contribution in [1.82, 2.24) is 5.32 Å². The lowest BCUT2D eigenvalue weighted by atomic mass is 9.86. The molecule has 1 aliphatic carbocycles. The Morgan fingerprint density at radius 3 is 2.70 bits per heavy atom. The second-order valence-corrected chi connectivity index (χ2v) is 6.14. The molecule has 2 N–H and O–H groups in total. The van der Waals surface area contributed by atoms with Crippen LogP contribution < -0.4 is 10.1 Å². The van der Waals surface area contributed by atoms with Gasteiger partial charge < -0.3 is 15.2 Å². The van der Waals surface area contributed by atoms with Crippen molar-refractivity contribution in [3.8, 4) is 5.75 Å². The van der Waals surface area contributed by atoms with Gasteiger partial charge in [-0.05, 0) is 43.9 Å². The molecule has 1 fully saturated rings. The Morgan fingerprint density at radius 1 is 1.40 bits per heavy atom. The molecule has 5 heteroatoms. The number of methoxy groups -OCH3 is 1. The van der Waals surface area contributed by atoms with Crippen LogP contribution >= 0.6 is 15.9 Å². The molecule has 0 unspecified atom stereocenters. The monoisotopic (exact) mass is 341 g/mol. The normalized spacial score (nSPS) is 22.5. The number of hydrogen-bond acceptors (Lipinski definition) is 3. The van der Waals surface area contributed by atoms with Gasteiger partial charge in [-0.1, -0.05) is 15.9 Å². The number of benzene rings is 1. The summed E-state index contributed by atoms with van der Waals surface area (Å²) < 4.78 is 6.38. The maximum Gasteiger partial charge on any atom is 0.306 e. The zero-order valence-corrected chi connectivity index (χ0v) is 13.1. The van der Waals surface area contributed by atoms with Crippen molar-refractivity contribution in [2.24, 2.45) is 5.92 Å². The summed E-state index contributed by atoms with van der Waals surface area (Å²) in [6.07, 6.45) is 3.38. The third-order valence-electron chi connectivity index (χ3n) is 3.90. The van der Waals surface area contributed by atoms with E-state index in [1.54, 1.807) is 7.11 Å². The van der Waals surface area contributed by atoms with Gasteiger partial charge in [0, 0.05) is 22.6 Å². The van der Waals surface area contributed by atoms with E-state index < -0.39 is 5.97 Å². The van der Waals surface area contributed by atoms with Crippen LogP contribution in [0.1, 0.15) is 31.2 Å². The smallest absolute Gasteiger partial charge is 0.306 e. The Bertz CT molecular complexity index is 470. The van der Waals surface area contributed by atoms with Crippen molar-refractivity contribution in [1.29, 1.82) is 0 Å². The minimum absolute atomic E-state index is 0.159. The number of carboxylic acid groups (broad SMARTS) is 1. The van der Waals surface area contributed by atoms with E-state index in [1.807, 2.05) is 12.1 Å². The molecule has 1 aliphatic rings. The van der Waals surface area contributed by atoms with Crippen molar-refractivity contribution >= 4 is 21.9 Å². The van der Waals surface area contributed by atoms with Crippen LogP contribution in [0.15, 0.2) is 22.7 Å². The first-order chi connectivity index (χ1) is 9.60. The first-order valence-corrected chi connectivity index (χ1v) is 7.68. The van der Waals surface area contributed by atoms with Gasteiger partial charge in [-0.25, -0.2) is 0 Å². The van der Waals surface area contributed by atoms with Gasteiger partial charge in [0.1, 0.15) is 5.75 Å². The number of ether oxygens (including phenoxy) is 1. The molecule has 1 saturated carbocycles. The van der Waals surface area contributed by atoms with Gasteiger partial charge in [-0.15, -0.1) is 0 Å². The van der Waals surface area contributed by atoms with Gasteiger partial charge in [0.2, 0.25) is 0 Å². The van der Waals surface area contributed by atoms with Crippen LogP contribution in [0.4, 0.5) is 0 Å². The molecule has 1 aromatic rings. The largest absolute Gasteiger partial charge is 0.496 e. The molecule has 4 nitrogen and oxygen atoms in total. The average Bonchev–Trinajstić information content (AvgIpc) is 2.45. The molecule has 0 heterocycles. The summed E-state index contributed by atoms with van der Waals surface area (Å²) in [4.78, 5) is 10.9. The number of carboxylic acids is 1. The standard InChI is InChI=1S/C15H20BrNO3/c1-20-14-7-4-12(16)8-11(14)9-17-13-5-2-10(3-6-13)15(18)19/h4,7-8,10,13,17H,2-3,5-6,9H2,1H3,(H,18,19). The second-order valence-electron chi connectivity index (χ2n) is 5.22. The quantitative estimate of drug-likeness (QED) is 0.863. The topological polar surface area (TPSA) is 58.6 Å². The first-order valence-electron chi connectivity index (χ1n) is 6.88. The van der Waals surface area contributed by atoms with Crippen LogP contribution in [0.25, 0.3) is 0 Å². The highest BCUT2D eigenvalue weighted by molar-refractivity contribution is 9.10. The number of rotatable bonds is 5. The molecule has 0 radical (unpaired) electrons. The van der Waals surface area contributed by atoms with Gasteiger partial charge in [0.05, 0.1) is 13.0 Å². The summed E-state index contributed by atoms with van der Waals surface area (Å²) in [6, 6.07) is 6.35. The van der Waals surface area contributed by atoms with Crippen molar-refractivity contribution in [2.45, 2.75) is 38.3 Å². The molecule has 0 spiro atoms. The fraction of sp³-hybridized carbons (Fsp3) is 0.533. The van der Waals surface area contributed by atoms with Gasteiger partial charge in [-0.2, -0.15) is 0 Å².